The van der Waals surface area contributed by atoms with Crippen LogP contribution in [0.5, 0.6) is 0 Å². The van der Waals surface area contributed by atoms with Crippen molar-refractivity contribution in [2.75, 3.05) is 6.54 Å². The Hall–Kier alpha value is 0.570. The van der Waals surface area contributed by atoms with Gasteiger partial charge in [0, 0.05) is 0 Å². The molecule has 2 heteroatoms. The zero-order valence-corrected chi connectivity index (χ0v) is 11.7. The molecule has 0 unspecified atom stereocenters. The molecular weight excluding hydrogens is 301 g/mol. The van der Waals surface area contributed by atoms with Crippen molar-refractivity contribution in [3.8, 4) is 0 Å². The molecule has 0 rings (SSSR count). The van der Waals surface area contributed by atoms with Crippen LogP contribution in [0.15, 0.2) is 12.7 Å². The van der Waals surface area contributed by atoms with Gasteiger partial charge in [0.1, 0.15) is 0 Å². The summed E-state index contributed by atoms with van der Waals surface area (Å²) in [6.45, 7) is 14.1. The second-order valence-corrected chi connectivity index (χ2v) is 10.5. The van der Waals surface area contributed by atoms with Crippen LogP contribution < -0.4 is 3.30 Å². The molecule has 0 spiro atoms. The van der Waals surface area contributed by atoms with Crippen molar-refractivity contribution >= 4 is 0 Å². The quantitative estimate of drug-likeness (QED) is 0.467. The van der Waals surface area contributed by atoms with Gasteiger partial charge in [-0.05, 0) is 0 Å². The van der Waals surface area contributed by atoms with Crippen molar-refractivity contribution in [1.82, 2.24) is 3.30 Å². The van der Waals surface area contributed by atoms with Gasteiger partial charge in [-0.2, -0.15) is 0 Å². The summed E-state index contributed by atoms with van der Waals surface area (Å²) in [6, 6.07) is 0. The molecule has 0 aromatic rings. The third-order valence-corrected chi connectivity index (χ3v) is 7.86. The van der Waals surface area contributed by atoms with E-state index in [9.17, 15) is 0 Å². The molecule has 0 saturated heterocycles. The Morgan fingerprint density at radius 1 is 1.55 bits per heavy atom. The molecule has 0 aromatic heterocycles. The summed E-state index contributed by atoms with van der Waals surface area (Å²) in [5, 5.41) is 0. The van der Waals surface area contributed by atoms with Crippen LogP contribution in [0, 0.1) is 5.92 Å². The third kappa shape index (κ3) is 4.91. The van der Waals surface area contributed by atoms with E-state index in [4.69, 9.17) is 0 Å². The average molecular weight is 320 g/mol. The van der Waals surface area contributed by atoms with E-state index >= 15 is 0 Å². The molecule has 64 valence electrons. The molecule has 0 aliphatic rings. The van der Waals surface area contributed by atoms with E-state index in [0.29, 0.717) is 3.17 Å². The number of rotatable bonds is 5. The average Bonchev–Trinajstić information content (AvgIpc) is 1.88. The van der Waals surface area contributed by atoms with Crippen LogP contribution in [0.25, 0.3) is 0 Å². The molecule has 1 nitrogen and oxygen atoms in total. The summed E-state index contributed by atoms with van der Waals surface area (Å²) in [5.41, 5.74) is 0. The van der Waals surface area contributed by atoms with Crippen LogP contribution in [0.1, 0.15) is 27.7 Å². The zero-order chi connectivity index (χ0) is 8.91. The molecule has 0 heterocycles. The van der Waals surface area contributed by atoms with Gasteiger partial charge in [0.15, 0.2) is 0 Å². The van der Waals surface area contributed by atoms with Crippen molar-refractivity contribution in [3.63, 3.8) is 0 Å². The molecule has 1 N–H and O–H groups in total. The van der Waals surface area contributed by atoms with Gasteiger partial charge < -0.3 is 0 Å². The SMILES string of the molecule is C=CC[NH][Hf][C](C)(C)C(C)C. The van der Waals surface area contributed by atoms with E-state index in [1.807, 2.05) is 6.08 Å². The van der Waals surface area contributed by atoms with E-state index < -0.39 is 23.2 Å². The van der Waals surface area contributed by atoms with Crippen LogP contribution in [0.3, 0.4) is 0 Å². The first-order valence-electron chi connectivity index (χ1n) is 4.11. The summed E-state index contributed by atoms with van der Waals surface area (Å²) >= 11 is -0.623. The Bertz CT molecular complexity index is 119. The van der Waals surface area contributed by atoms with Crippen molar-refractivity contribution in [2.24, 2.45) is 5.92 Å². The summed E-state index contributed by atoms with van der Waals surface area (Å²) in [5.74, 6) is 0.808. The van der Waals surface area contributed by atoms with Crippen LogP contribution in [0.4, 0.5) is 0 Å². The molecule has 11 heavy (non-hydrogen) atoms. The molecule has 0 amide bonds. The Labute approximate surface area is 82.4 Å². The molecule has 0 aromatic carbocycles. The van der Waals surface area contributed by atoms with Crippen molar-refractivity contribution < 1.29 is 23.2 Å². The van der Waals surface area contributed by atoms with Gasteiger partial charge in [-0.25, -0.2) is 0 Å². The number of nitrogens with one attached hydrogen (secondary N) is 1. The molecule has 0 atom stereocenters. The number of hydrogen-bond donors (Lipinski definition) is 1. The summed E-state index contributed by atoms with van der Waals surface area (Å²) in [6.07, 6.45) is 1.95. The fourth-order valence-electron chi connectivity index (χ4n) is 0.495. The van der Waals surface area contributed by atoms with E-state index in [0.717, 1.165) is 12.5 Å². The Morgan fingerprint density at radius 3 is 2.45 bits per heavy atom. The first kappa shape index (κ1) is 11.6. The summed E-state index contributed by atoms with van der Waals surface area (Å²) in [7, 11) is 0. The van der Waals surface area contributed by atoms with Gasteiger partial charge in [0.25, 0.3) is 0 Å². The second kappa shape index (κ2) is 5.26. The van der Waals surface area contributed by atoms with E-state index in [-0.39, 0.29) is 0 Å². The maximum absolute atomic E-state index is 3.69. The second-order valence-electron chi connectivity index (χ2n) is 3.67. The predicted octanol–water partition coefficient (Wildman–Crippen LogP) is 2.61. The van der Waals surface area contributed by atoms with Crippen molar-refractivity contribution in [1.29, 1.82) is 0 Å². The van der Waals surface area contributed by atoms with Crippen LogP contribution >= 0.6 is 0 Å². The van der Waals surface area contributed by atoms with E-state index in [2.05, 4.69) is 37.6 Å². The minimum absolute atomic E-state index is 0.586. The van der Waals surface area contributed by atoms with Gasteiger partial charge in [-0.15, -0.1) is 0 Å². The normalized spacial score (nSPS) is 11.7. The van der Waals surface area contributed by atoms with Crippen LogP contribution in [0.2, 0.25) is 3.17 Å². The van der Waals surface area contributed by atoms with E-state index in [1.54, 1.807) is 0 Å². The van der Waals surface area contributed by atoms with Crippen molar-refractivity contribution in [3.05, 3.63) is 12.7 Å². The van der Waals surface area contributed by atoms with Crippen LogP contribution in [-0.2, 0) is 23.2 Å². The fourth-order valence-corrected chi connectivity index (χ4v) is 4.05. The zero-order valence-electron chi connectivity index (χ0n) is 8.07. The van der Waals surface area contributed by atoms with E-state index in [1.165, 1.54) is 0 Å². The minimum atomic E-state index is -0.623. The summed E-state index contributed by atoms with van der Waals surface area (Å²) in [4.78, 5) is 0. The molecule has 0 saturated carbocycles. The molecule has 0 radical (unpaired) electrons. The fraction of sp³-hybridized carbons (Fsp3) is 0.778. The van der Waals surface area contributed by atoms with Gasteiger partial charge in [0.05, 0.1) is 0 Å². The van der Waals surface area contributed by atoms with Gasteiger partial charge in [-0.3, -0.25) is 0 Å². The Morgan fingerprint density at radius 2 is 2.09 bits per heavy atom. The predicted molar refractivity (Wildman–Crippen MR) is 47.1 cm³/mol. The monoisotopic (exact) mass is 321 g/mol. The Balaban J connectivity index is 3.63. The third-order valence-electron chi connectivity index (χ3n) is 2.10. The Kier molecular flexibility index (Phi) is 5.53. The first-order chi connectivity index (χ1) is 5.00. The molecular formula is C9H19HfN. The first-order valence-corrected chi connectivity index (χ1v) is 7.71. The maximum atomic E-state index is 3.69. The standard InChI is InChI=1S/C6H13.C3H6N.Hf/c1-5(2)6(3)4;1-2-3-4;/h5H,1-4H3;2,4H,1,3H2;/q;-1;+1. The van der Waals surface area contributed by atoms with Crippen molar-refractivity contribution in [2.45, 2.75) is 30.9 Å². The molecule has 0 bridgehead atoms. The summed E-state index contributed by atoms with van der Waals surface area (Å²) < 4.78 is 4.12. The van der Waals surface area contributed by atoms with Gasteiger partial charge in [-0.1, -0.05) is 0 Å². The number of hydrogen-bond acceptors (Lipinski definition) is 1. The van der Waals surface area contributed by atoms with Gasteiger partial charge in [0.2, 0.25) is 0 Å². The van der Waals surface area contributed by atoms with Gasteiger partial charge >= 0.3 is 82.5 Å². The molecule has 0 fully saturated rings. The molecule has 0 aliphatic heterocycles. The van der Waals surface area contributed by atoms with Crippen LogP contribution in [-0.4, -0.2) is 6.54 Å². The topological polar surface area (TPSA) is 12.0 Å². The molecule has 0 aliphatic carbocycles.